The lowest BCUT2D eigenvalue weighted by molar-refractivity contribution is -0.124. The summed E-state index contributed by atoms with van der Waals surface area (Å²) in [6.07, 6.45) is 2.57. The highest BCUT2D eigenvalue weighted by molar-refractivity contribution is 5.73. The van der Waals surface area contributed by atoms with Gasteiger partial charge in [-0.2, -0.15) is 0 Å². The molecule has 5 atom stereocenters. The molecule has 1 aromatic carbocycles. The maximum atomic E-state index is 11.6. The van der Waals surface area contributed by atoms with Crippen molar-refractivity contribution in [2.75, 3.05) is 0 Å². The molecule has 0 saturated heterocycles. The normalized spacial score (nSPS) is 27.9. The van der Waals surface area contributed by atoms with Gasteiger partial charge in [-0.25, -0.2) is 0 Å². The number of carbonyl (C=O) groups excluding carboxylic acids is 1. The maximum absolute atomic E-state index is 11.6. The predicted octanol–water partition coefficient (Wildman–Crippen LogP) is 2.54. The van der Waals surface area contributed by atoms with Gasteiger partial charge in [-0.05, 0) is 37.2 Å². The zero-order valence-corrected chi connectivity index (χ0v) is 15.5. The van der Waals surface area contributed by atoms with Crippen LogP contribution in [0.4, 0.5) is 0 Å². The topological polar surface area (TPSA) is 84.6 Å². The van der Waals surface area contributed by atoms with Crippen molar-refractivity contribution in [3.63, 3.8) is 0 Å². The van der Waals surface area contributed by atoms with Gasteiger partial charge in [0.15, 0.2) is 0 Å². The van der Waals surface area contributed by atoms with E-state index in [0.29, 0.717) is 12.8 Å². The van der Waals surface area contributed by atoms with Gasteiger partial charge in [0.05, 0.1) is 24.4 Å². The quantitative estimate of drug-likeness (QED) is 0.707. The molecule has 1 amide bonds. The summed E-state index contributed by atoms with van der Waals surface area (Å²) < 4.78 is 6.28. The number of ether oxygens (including phenoxy) is 1. The lowest BCUT2D eigenvalue weighted by Gasteiger charge is -2.43. The third kappa shape index (κ3) is 5.27. The molecular formula is C20H32N2O3. The summed E-state index contributed by atoms with van der Waals surface area (Å²) in [6.45, 7) is 5.70. The second-order valence-corrected chi connectivity index (χ2v) is 7.09. The molecular weight excluding hydrogens is 316 g/mol. The largest absolute Gasteiger partial charge is 0.388 e. The average Bonchev–Trinajstić information content (AvgIpc) is 2.61. The molecule has 1 aliphatic rings. The molecule has 5 heteroatoms. The van der Waals surface area contributed by atoms with Crippen LogP contribution in [0.5, 0.6) is 0 Å². The molecule has 0 radical (unpaired) electrons. The van der Waals surface area contributed by atoms with Crippen LogP contribution >= 0.6 is 0 Å². The van der Waals surface area contributed by atoms with Crippen LogP contribution < -0.4 is 11.1 Å². The Balaban J connectivity index is 2.16. The van der Waals surface area contributed by atoms with Gasteiger partial charge in [0, 0.05) is 13.0 Å². The zero-order chi connectivity index (χ0) is 18.4. The molecule has 1 saturated carbocycles. The van der Waals surface area contributed by atoms with E-state index in [4.69, 9.17) is 10.5 Å². The minimum Gasteiger partial charge on any atom is -0.388 e. The molecule has 0 spiro atoms. The van der Waals surface area contributed by atoms with Gasteiger partial charge in [-0.15, -0.1) is 0 Å². The first kappa shape index (κ1) is 19.9. The first-order chi connectivity index (χ1) is 12.0. The number of hydrogen-bond donors (Lipinski definition) is 3. The van der Waals surface area contributed by atoms with Crippen molar-refractivity contribution >= 4 is 5.91 Å². The first-order valence-corrected chi connectivity index (χ1v) is 9.37. The minimum absolute atomic E-state index is 0.0155. The number of amides is 1. The van der Waals surface area contributed by atoms with Crippen molar-refractivity contribution in [2.24, 2.45) is 11.7 Å². The van der Waals surface area contributed by atoms with Crippen molar-refractivity contribution in [1.82, 2.24) is 5.32 Å². The van der Waals surface area contributed by atoms with Crippen LogP contribution in [-0.4, -0.2) is 35.3 Å². The molecule has 1 fully saturated rings. The van der Waals surface area contributed by atoms with Crippen molar-refractivity contribution in [2.45, 2.75) is 76.9 Å². The van der Waals surface area contributed by atoms with Gasteiger partial charge in [0.2, 0.25) is 5.91 Å². The van der Waals surface area contributed by atoms with Crippen LogP contribution in [0.2, 0.25) is 0 Å². The van der Waals surface area contributed by atoms with Crippen LogP contribution in [0.25, 0.3) is 0 Å². The number of aliphatic hydroxyl groups excluding tert-OH is 1. The predicted molar refractivity (Wildman–Crippen MR) is 98.9 cm³/mol. The lowest BCUT2D eigenvalue weighted by atomic mass is 9.76. The maximum Gasteiger partial charge on any atom is 0.217 e. The fraction of sp³-hybridized carbons (Fsp3) is 0.650. The second-order valence-electron chi connectivity index (χ2n) is 7.09. The van der Waals surface area contributed by atoms with Crippen molar-refractivity contribution in [3.05, 3.63) is 35.9 Å². The molecule has 5 nitrogen and oxygen atoms in total. The molecule has 2 rings (SSSR count). The van der Waals surface area contributed by atoms with E-state index in [1.165, 1.54) is 6.92 Å². The number of benzene rings is 1. The van der Waals surface area contributed by atoms with E-state index < -0.39 is 6.10 Å². The fourth-order valence-corrected chi connectivity index (χ4v) is 3.80. The first-order valence-electron chi connectivity index (χ1n) is 9.37. The molecule has 0 aromatic heterocycles. The number of aliphatic hydroxyl groups is 1. The van der Waals surface area contributed by atoms with E-state index in [1.54, 1.807) is 0 Å². The molecule has 25 heavy (non-hydrogen) atoms. The van der Waals surface area contributed by atoms with E-state index in [0.717, 1.165) is 18.4 Å². The highest BCUT2D eigenvalue weighted by Gasteiger charge is 2.40. The van der Waals surface area contributed by atoms with E-state index in [-0.39, 0.29) is 36.1 Å². The fourth-order valence-electron chi connectivity index (χ4n) is 3.80. The Kier molecular flexibility index (Phi) is 7.41. The van der Waals surface area contributed by atoms with E-state index in [1.807, 2.05) is 30.3 Å². The van der Waals surface area contributed by atoms with Gasteiger partial charge >= 0.3 is 0 Å². The molecule has 1 aromatic rings. The number of carbonyl (C=O) groups is 1. The van der Waals surface area contributed by atoms with Crippen LogP contribution in [-0.2, 0) is 9.53 Å². The van der Waals surface area contributed by atoms with Crippen LogP contribution in [0.1, 0.15) is 58.1 Å². The van der Waals surface area contributed by atoms with Crippen molar-refractivity contribution in [1.29, 1.82) is 0 Å². The summed E-state index contributed by atoms with van der Waals surface area (Å²) in [5.41, 5.74) is 7.28. The Labute approximate surface area is 150 Å². The monoisotopic (exact) mass is 348 g/mol. The summed E-state index contributed by atoms with van der Waals surface area (Å²) in [5, 5.41) is 13.8. The second kappa shape index (κ2) is 9.32. The summed E-state index contributed by atoms with van der Waals surface area (Å²) in [4.78, 5) is 11.6. The van der Waals surface area contributed by atoms with Gasteiger partial charge in [-0.1, -0.05) is 44.2 Å². The van der Waals surface area contributed by atoms with Gasteiger partial charge < -0.3 is 20.9 Å². The van der Waals surface area contributed by atoms with E-state index in [9.17, 15) is 9.90 Å². The smallest absolute Gasteiger partial charge is 0.217 e. The standard InChI is InChI=1S/C20H32N2O3/c1-4-16(5-2)25-18-12-15(11-17(21)19(18)22-13(3)23)20(24)14-9-7-6-8-10-14/h6-10,15-20,24H,4-5,11-12,21H2,1-3H3,(H,22,23)/t15?,17-,18+,19+,20?/m0/s1. The van der Waals surface area contributed by atoms with Crippen LogP contribution in [0.3, 0.4) is 0 Å². The van der Waals surface area contributed by atoms with Crippen LogP contribution in [0.15, 0.2) is 30.3 Å². The molecule has 0 aliphatic heterocycles. The third-order valence-electron chi connectivity index (χ3n) is 5.21. The lowest BCUT2D eigenvalue weighted by Crippen LogP contribution is -2.59. The molecule has 0 heterocycles. The molecule has 140 valence electrons. The summed E-state index contributed by atoms with van der Waals surface area (Å²) in [6, 6.07) is 9.23. The number of hydrogen-bond acceptors (Lipinski definition) is 4. The Bertz CT molecular complexity index is 533. The summed E-state index contributed by atoms with van der Waals surface area (Å²) >= 11 is 0. The molecule has 2 unspecified atom stereocenters. The number of nitrogens with one attached hydrogen (secondary N) is 1. The SMILES string of the molecule is CCC(CC)O[C@@H]1CC(C(O)c2ccccc2)C[C@H](N)[C@H]1NC(C)=O. The van der Waals surface area contributed by atoms with Gasteiger partial charge in [-0.3, -0.25) is 4.79 Å². The van der Waals surface area contributed by atoms with E-state index in [2.05, 4.69) is 19.2 Å². The third-order valence-corrected chi connectivity index (χ3v) is 5.21. The van der Waals surface area contributed by atoms with E-state index >= 15 is 0 Å². The van der Waals surface area contributed by atoms with Crippen molar-refractivity contribution in [3.8, 4) is 0 Å². The Morgan fingerprint density at radius 2 is 1.92 bits per heavy atom. The van der Waals surface area contributed by atoms with Crippen molar-refractivity contribution < 1.29 is 14.6 Å². The highest BCUT2D eigenvalue weighted by atomic mass is 16.5. The number of nitrogens with two attached hydrogens (primary N) is 1. The number of rotatable bonds is 7. The Morgan fingerprint density at radius 3 is 2.48 bits per heavy atom. The van der Waals surface area contributed by atoms with Gasteiger partial charge in [0.1, 0.15) is 0 Å². The van der Waals surface area contributed by atoms with Crippen LogP contribution in [0, 0.1) is 5.92 Å². The molecule has 0 bridgehead atoms. The Morgan fingerprint density at radius 1 is 1.28 bits per heavy atom. The summed E-state index contributed by atoms with van der Waals surface area (Å²) in [7, 11) is 0. The molecule has 4 N–H and O–H groups in total. The highest BCUT2D eigenvalue weighted by Crippen LogP contribution is 2.36. The molecule has 1 aliphatic carbocycles. The summed E-state index contributed by atoms with van der Waals surface area (Å²) in [5.74, 6) is -0.0811. The average molecular weight is 348 g/mol. The van der Waals surface area contributed by atoms with Gasteiger partial charge in [0.25, 0.3) is 0 Å². The minimum atomic E-state index is -0.571. The zero-order valence-electron chi connectivity index (χ0n) is 15.5. The Hall–Kier alpha value is -1.43.